The molecule has 2 aromatic rings. The summed E-state index contributed by atoms with van der Waals surface area (Å²) < 4.78 is 0. The molecule has 0 unspecified atom stereocenters. The van der Waals surface area contributed by atoms with Gasteiger partial charge in [-0.3, -0.25) is 0 Å². The Balaban J connectivity index is 2.41. The van der Waals surface area contributed by atoms with E-state index in [1.54, 1.807) is 0 Å². The van der Waals surface area contributed by atoms with Crippen LogP contribution in [0.5, 0.6) is 0 Å². The van der Waals surface area contributed by atoms with Crippen LogP contribution in [-0.2, 0) is 0 Å². The van der Waals surface area contributed by atoms with Crippen LogP contribution in [-0.4, -0.2) is 0 Å². The Morgan fingerprint density at radius 2 is 1.50 bits per heavy atom. The minimum atomic E-state index is 1.06. The van der Waals surface area contributed by atoms with E-state index >= 15 is 0 Å². The highest BCUT2D eigenvalue weighted by molar-refractivity contribution is 5.48. The minimum Gasteiger partial charge on any atom is -0.0642 e. The molecule has 0 aliphatic rings. The maximum absolute atomic E-state index is 2.22. The second-order valence-electron chi connectivity index (χ2n) is 4.01. The Hall–Kier alpha value is -1.56. The lowest BCUT2D eigenvalue weighted by Gasteiger charge is -2.17. The summed E-state index contributed by atoms with van der Waals surface area (Å²) in [6, 6.07) is 19.2. The van der Waals surface area contributed by atoms with E-state index in [9.17, 15) is 0 Å². The molecule has 16 heavy (non-hydrogen) atoms. The van der Waals surface area contributed by atoms with Gasteiger partial charge >= 0.3 is 0 Å². The van der Waals surface area contributed by atoms with Crippen molar-refractivity contribution in [3.63, 3.8) is 0 Å². The summed E-state index contributed by atoms with van der Waals surface area (Å²) in [7, 11) is 0. The van der Waals surface area contributed by atoms with Gasteiger partial charge in [0.15, 0.2) is 0 Å². The van der Waals surface area contributed by atoms with E-state index < -0.39 is 0 Å². The first kappa shape index (κ1) is 10.9. The summed E-state index contributed by atoms with van der Waals surface area (Å²) >= 11 is 0. The molecule has 0 heterocycles. The molecular formula is C16H17. The lowest BCUT2D eigenvalue weighted by atomic mass is 9.87. The highest BCUT2D eigenvalue weighted by atomic mass is 14.2. The van der Waals surface area contributed by atoms with Gasteiger partial charge in [-0.2, -0.15) is 0 Å². The third-order valence-electron chi connectivity index (χ3n) is 2.95. The van der Waals surface area contributed by atoms with Crippen LogP contribution in [0.15, 0.2) is 54.6 Å². The minimum absolute atomic E-state index is 1.06. The first-order valence-electron chi connectivity index (χ1n) is 5.80. The van der Waals surface area contributed by atoms with Crippen LogP contribution < -0.4 is 0 Å². The Kier molecular flexibility index (Phi) is 3.40. The third kappa shape index (κ3) is 2.16. The van der Waals surface area contributed by atoms with Crippen LogP contribution in [0, 0.1) is 12.8 Å². The summed E-state index contributed by atoms with van der Waals surface area (Å²) in [6.07, 6.45) is 1.06. The standard InChI is InChI=1S/C16H17/c1-3-15(14-10-5-4-6-11-14)16-12-8-7-9-13(16)2/h4-12H,3H2,1-2H3. The largest absolute Gasteiger partial charge is 0.0642 e. The summed E-state index contributed by atoms with van der Waals surface area (Å²) in [5.41, 5.74) is 4.05. The van der Waals surface area contributed by atoms with Crippen LogP contribution in [0.1, 0.15) is 30.0 Å². The predicted molar refractivity (Wildman–Crippen MR) is 69.4 cm³/mol. The van der Waals surface area contributed by atoms with Crippen LogP contribution >= 0.6 is 0 Å². The average Bonchev–Trinajstić information content (AvgIpc) is 2.34. The van der Waals surface area contributed by atoms with Gasteiger partial charge in [-0.1, -0.05) is 61.5 Å². The molecule has 0 spiro atoms. The zero-order valence-electron chi connectivity index (χ0n) is 9.90. The molecule has 0 nitrogen and oxygen atoms in total. The molecule has 0 saturated carbocycles. The molecule has 0 N–H and O–H groups in total. The molecule has 81 valence electrons. The molecular weight excluding hydrogens is 192 g/mol. The molecule has 0 amide bonds. The van der Waals surface area contributed by atoms with Crippen molar-refractivity contribution in [2.45, 2.75) is 20.3 Å². The van der Waals surface area contributed by atoms with E-state index in [-0.39, 0.29) is 0 Å². The Morgan fingerprint density at radius 3 is 2.12 bits per heavy atom. The molecule has 0 aromatic heterocycles. The van der Waals surface area contributed by atoms with Gasteiger partial charge in [-0.05, 0) is 30.0 Å². The highest BCUT2D eigenvalue weighted by Gasteiger charge is 2.13. The van der Waals surface area contributed by atoms with Gasteiger partial charge in [0.2, 0.25) is 0 Å². The van der Waals surface area contributed by atoms with E-state index in [4.69, 9.17) is 0 Å². The molecule has 0 heteroatoms. The molecule has 0 bridgehead atoms. The predicted octanol–water partition coefficient (Wildman–Crippen LogP) is 4.38. The zero-order chi connectivity index (χ0) is 11.4. The van der Waals surface area contributed by atoms with Crippen LogP contribution in [0.25, 0.3) is 0 Å². The normalized spacial score (nSPS) is 10.7. The fraction of sp³-hybridized carbons (Fsp3) is 0.188. The van der Waals surface area contributed by atoms with Crippen molar-refractivity contribution in [3.05, 3.63) is 77.2 Å². The fourth-order valence-corrected chi connectivity index (χ4v) is 2.10. The van der Waals surface area contributed by atoms with E-state index in [1.165, 1.54) is 22.6 Å². The van der Waals surface area contributed by atoms with Crippen molar-refractivity contribution < 1.29 is 0 Å². The number of hydrogen-bond donors (Lipinski definition) is 0. The van der Waals surface area contributed by atoms with Crippen molar-refractivity contribution in [2.24, 2.45) is 0 Å². The molecule has 1 radical (unpaired) electrons. The Bertz CT molecular complexity index is 443. The third-order valence-corrected chi connectivity index (χ3v) is 2.95. The van der Waals surface area contributed by atoms with Gasteiger partial charge in [0.1, 0.15) is 0 Å². The van der Waals surface area contributed by atoms with Crippen LogP contribution in [0.2, 0.25) is 0 Å². The number of aryl methyl sites for hydroxylation is 1. The summed E-state index contributed by atoms with van der Waals surface area (Å²) in [4.78, 5) is 0. The lowest BCUT2D eigenvalue weighted by molar-refractivity contribution is 0.981. The quantitative estimate of drug-likeness (QED) is 0.704. The molecule has 0 saturated heterocycles. The van der Waals surface area contributed by atoms with Crippen molar-refractivity contribution in [3.8, 4) is 0 Å². The average molecular weight is 209 g/mol. The summed E-state index contributed by atoms with van der Waals surface area (Å²) in [5.74, 6) is 1.43. The number of rotatable bonds is 3. The zero-order valence-corrected chi connectivity index (χ0v) is 9.90. The van der Waals surface area contributed by atoms with Gasteiger partial charge in [0, 0.05) is 5.92 Å². The van der Waals surface area contributed by atoms with E-state index in [1.807, 2.05) is 0 Å². The SMILES string of the molecule is CC[C](c1ccccc1)c1ccccc1C. The van der Waals surface area contributed by atoms with Crippen molar-refractivity contribution in [1.82, 2.24) is 0 Å². The maximum Gasteiger partial charge on any atom is 0.0340 e. The van der Waals surface area contributed by atoms with Gasteiger partial charge in [0.25, 0.3) is 0 Å². The van der Waals surface area contributed by atoms with E-state index in [2.05, 4.69) is 68.4 Å². The van der Waals surface area contributed by atoms with Crippen LogP contribution in [0.3, 0.4) is 0 Å². The Labute approximate surface area is 97.9 Å². The second kappa shape index (κ2) is 4.98. The van der Waals surface area contributed by atoms with Gasteiger partial charge in [0.05, 0.1) is 0 Å². The molecule has 0 aliphatic heterocycles. The first-order valence-corrected chi connectivity index (χ1v) is 5.80. The summed E-state index contributed by atoms with van der Waals surface area (Å²) in [6.45, 7) is 4.39. The monoisotopic (exact) mass is 209 g/mol. The number of benzene rings is 2. The Morgan fingerprint density at radius 1 is 0.875 bits per heavy atom. The maximum atomic E-state index is 2.22. The van der Waals surface area contributed by atoms with Crippen LogP contribution in [0.4, 0.5) is 0 Å². The van der Waals surface area contributed by atoms with Gasteiger partial charge in [-0.25, -0.2) is 0 Å². The lowest BCUT2D eigenvalue weighted by Crippen LogP contribution is -2.02. The topological polar surface area (TPSA) is 0 Å². The molecule has 0 aliphatic carbocycles. The van der Waals surface area contributed by atoms with Crippen molar-refractivity contribution in [2.75, 3.05) is 0 Å². The first-order chi connectivity index (χ1) is 7.83. The van der Waals surface area contributed by atoms with Gasteiger partial charge in [-0.15, -0.1) is 0 Å². The fourth-order valence-electron chi connectivity index (χ4n) is 2.10. The summed E-state index contributed by atoms with van der Waals surface area (Å²) in [5, 5.41) is 0. The molecule has 0 atom stereocenters. The molecule has 2 aromatic carbocycles. The van der Waals surface area contributed by atoms with Gasteiger partial charge < -0.3 is 0 Å². The smallest absolute Gasteiger partial charge is 0.0340 e. The van der Waals surface area contributed by atoms with E-state index in [0.29, 0.717) is 0 Å². The second-order valence-corrected chi connectivity index (χ2v) is 4.01. The molecule has 0 fully saturated rings. The molecule has 2 rings (SSSR count). The highest BCUT2D eigenvalue weighted by Crippen LogP contribution is 2.28. The van der Waals surface area contributed by atoms with Crippen molar-refractivity contribution >= 4 is 0 Å². The van der Waals surface area contributed by atoms with E-state index in [0.717, 1.165) is 6.42 Å². The number of hydrogen-bond acceptors (Lipinski definition) is 0. The van der Waals surface area contributed by atoms with Crippen molar-refractivity contribution in [1.29, 1.82) is 0 Å².